The van der Waals surface area contributed by atoms with Crippen molar-refractivity contribution in [3.05, 3.63) is 132 Å². The number of rotatable bonds is 19. The number of nitrogens with zero attached hydrogens (tertiary/aromatic N) is 3. The number of hydrogen-bond donors (Lipinski definition) is 2. The minimum atomic E-state index is -0.682. The summed E-state index contributed by atoms with van der Waals surface area (Å²) in [5.74, 6) is -0.288. The van der Waals surface area contributed by atoms with Crippen LogP contribution in [-0.2, 0) is 36.8 Å². The largest absolute Gasteiger partial charge is 0.444 e. The van der Waals surface area contributed by atoms with Gasteiger partial charge in [0.1, 0.15) is 11.4 Å². The van der Waals surface area contributed by atoms with Crippen LogP contribution >= 0.6 is 0 Å². The van der Waals surface area contributed by atoms with Gasteiger partial charge in [-0.25, -0.2) is 4.79 Å². The number of carbonyl (C=O) groups excluding carboxylic acids is 5. The van der Waals surface area contributed by atoms with Crippen LogP contribution in [0.1, 0.15) is 80.8 Å². The van der Waals surface area contributed by atoms with Crippen molar-refractivity contribution in [3.8, 4) is 0 Å². The Morgan fingerprint density at radius 2 is 1.15 bits per heavy atom. The third-order valence-corrected chi connectivity index (χ3v) is 8.51. The van der Waals surface area contributed by atoms with Crippen molar-refractivity contribution < 1.29 is 28.7 Å². The Hall–Kier alpha value is -5.55. The molecule has 11 heteroatoms. The molecule has 2 atom stereocenters. The van der Waals surface area contributed by atoms with Crippen molar-refractivity contribution in [2.24, 2.45) is 0 Å². The number of hydrogen-bond acceptors (Lipinski definition) is 9. The van der Waals surface area contributed by atoms with Gasteiger partial charge in [-0.1, -0.05) is 72.8 Å². The Bertz CT molecular complexity index is 1770. The standard InChI is InChI=1S/C27H35N3O5.C17H20N2O/c1-27(2,3)35-26(34)29-18-23(31)13-14-25(33)30(4)19-24(32)17-21(20-10-6-5-7-11-20)16-22-12-8-9-15-28-22;1-18-13-17(20)12-15(14-7-3-2-4-8-14)11-16-9-5-6-10-19-16/h5-12,15,21H,13-14,16-19H2,1-4H3,(H,29,34);2-10,15,18H,11-13H2,1H3/t21-;15-/m11/s1. The zero-order chi connectivity index (χ0) is 40.1. The summed E-state index contributed by atoms with van der Waals surface area (Å²) < 4.78 is 5.08. The summed E-state index contributed by atoms with van der Waals surface area (Å²) in [5.41, 5.74) is 3.51. The first-order chi connectivity index (χ1) is 26.3. The Morgan fingerprint density at radius 3 is 1.60 bits per heavy atom. The minimum absolute atomic E-state index is 0.0283. The van der Waals surface area contributed by atoms with E-state index in [9.17, 15) is 24.0 Å². The first-order valence-electron chi connectivity index (χ1n) is 18.6. The molecule has 0 saturated carbocycles. The third-order valence-electron chi connectivity index (χ3n) is 8.51. The van der Waals surface area contributed by atoms with Gasteiger partial charge in [-0.2, -0.15) is 0 Å². The van der Waals surface area contributed by atoms with Gasteiger partial charge in [-0.3, -0.25) is 29.1 Å². The molecule has 292 valence electrons. The first-order valence-corrected chi connectivity index (χ1v) is 18.6. The lowest BCUT2D eigenvalue weighted by molar-refractivity contribution is -0.135. The molecule has 0 aliphatic heterocycles. The van der Waals surface area contributed by atoms with Gasteiger partial charge >= 0.3 is 6.09 Å². The number of pyridine rings is 2. The van der Waals surface area contributed by atoms with E-state index in [4.69, 9.17) is 4.74 Å². The van der Waals surface area contributed by atoms with E-state index >= 15 is 0 Å². The molecule has 4 aromatic rings. The quantitative estimate of drug-likeness (QED) is 0.113. The fraction of sp³-hybridized carbons (Fsp3) is 0.386. The van der Waals surface area contributed by atoms with Crippen molar-refractivity contribution in [2.45, 2.75) is 76.7 Å². The van der Waals surface area contributed by atoms with E-state index in [0.29, 0.717) is 19.4 Å². The molecule has 0 aliphatic rings. The number of benzene rings is 2. The maximum Gasteiger partial charge on any atom is 0.408 e. The number of alkyl carbamates (subject to hydrolysis) is 1. The third kappa shape index (κ3) is 17.9. The SMILES string of the molecule is CN(CC(=O)C[C@@H](Cc1ccccn1)c1ccccc1)C(=O)CCC(=O)CNC(=O)OC(C)(C)C.CNCC(=O)C[C@@H](Cc1ccccn1)c1ccccc1. The topological polar surface area (TPSA) is 148 Å². The van der Waals surface area contributed by atoms with E-state index in [-0.39, 0.29) is 67.4 Å². The number of Topliss-reactive ketones (excluding diaryl/α,β-unsaturated/α-hetero) is 3. The molecule has 0 bridgehead atoms. The second kappa shape index (κ2) is 23.3. The van der Waals surface area contributed by atoms with Crippen molar-refractivity contribution in [1.29, 1.82) is 0 Å². The van der Waals surface area contributed by atoms with Crippen molar-refractivity contribution in [2.75, 3.05) is 33.7 Å². The molecule has 2 amide bonds. The average Bonchev–Trinajstić information content (AvgIpc) is 3.17. The lowest BCUT2D eigenvalue weighted by Gasteiger charge is -2.20. The van der Waals surface area contributed by atoms with E-state index in [1.54, 1.807) is 47.3 Å². The normalized spacial score (nSPS) is 11.9. The van der Waals surface area contributed by atoms with Crippen LogP contribution in [0.15, 0.2) is 109 Å². The summed E-state index contributed by atoms with van der Waals surface area (Å²) in [7, 11) is 3.36. The van der Waals surface area contributed by atoms with Gasteiger partial charge in [0.15, 0.2) is 11.6 Å². The zero-order valence-corrected chi connectivity index (χ0v) is 32.7. The van der Waals surface area contributed by atoms with Crippen LogP contribution < -0.4 is 10.6 Å². The molecule has 0 spiro atoms. The maximum atomic E-state index is 12.8. The summed E-state index contributed by atoms with van der Waals surface area (Å²) >= 11 is 0. The molecular formula is C44H55N5O6. The lowest BCUT2D eigenvalue weighted by atomic mass is 9.89. The number of carbonyl (C=O) groups is 5. The van der Waals surface area contributed by atoms with Crippen LogP contribution in [0.4, 0.5) is 4.79 Å². The number of aromatic nitrogens is 2. The maximum absolute atomic E-state index is 12.8. The van der Waals surface area contributed by atoms with E-state index < -0.39 is 11.7 Å². The monoisotopic (exact) mass is 749 g/mol. The number of ether oxygens (including phenoxy) is 1. The minimum Gasteiger partial charge on any atom is -0.444 e. The fourth-order valence-corrected chi connectivity index (χ4v) is 5.86. The summed E-state index contributed by atoms with van der Waals surface area (Å²) in [4.78, 5) is 71.0. The van der Waals surface area contributed by atoms with Crippen LogP contribution in [0.25, 0.3) is 0 Å². The molecule has 0 unspecified atom stereocenters. The molecule has 2 N–H and O–H groups in total. The van der Waals surface area contributed by atoms with E-state index in [0.717, 1.165) is 23.4 Å². The molecule has 2 heterocycles. The Labute approximate surface area is 325 Å². The zero-order valence-electron chi connectivity index (χ0n) is 32.7. The number of likely N-dealkylation sites (N-methyl/N-ethyl adjacent to an activating group) is 2. The average molecular weight is 750 g/mol. The molecular weight excluding hydrogens is 695 g/mol. The molecule has 2 aromatic heterocycles. The van der Waals surface area contributed by atoms with Crippen LogP contribution in [0, 0.1) is 0 Å². The summed E-state index contributed by atoms with van der Waals surface area (Å²) in [6, 6.07) is 31.6. The van der Waals surface area contributed by atoms with Gasteiger partial charge < -0.3 is 20.3 Å². The summed E-state index contributed by atoms with van der Waals surface area (Å²) in [6.07, 6.45) is 5.02. The smallest absolute Gasteiger partial charge is 0.408 e. The Kier molecular flexibility index (Phi) is 18.6. The van der Waals surface area contributed by atoms with Gasteiger partial charge in [0.2, 0.25) is 5.91 Å². The van der Waals surface area contributed by atoms with Crippen molar-refractivity contribution >= 4 is 29.4 Å². The second-order valence-corrected chi connectivity index (χ2v) is 14.4. The summed E-state index contributed by atoms with van der Waals surface area (Å²) in [5, 5.41) is 5.31. The highest BCUT2D eigenvalue weighted by molar-refractivity contribution is 5.90. The van der Waals surface area contributed by atoms with Crippen LogP contribution in [0.2, 0.25) is 0 Å². The highest BCUT2D eigenvalue weighted by atomic mass is 16.6. The first kappa shape index (κ1) is 43.9. The summed E-state index contributed by atoms with van der Waals surface area (Å²) in [6.45, 7) is 5.36. The Balaban J connectivity index is 0.000000342. The van der Waals surface area contributed by atoms with Gasteiger partial charge in [0, 0.05) is 56.5 Å². The molecule has 0 radical (unpaired) electrons. The van der Waals surface area contributed by atoms with Crippen molar-refractivity contribution in [3.63, 3.8) is 0 Å². The molecule has 55 heavy (non-hydrogen) atoms. The van der Waals surface area contributed by atoms with Gasteiger partial charge in [0.05, 0.1) is 19.6 Å². The second-order valence-electron chi connectivity index (χ2n) is 14.4. The van der Waals surface area contributed by atoms with E-state index in [1.165, 1.54) is 10.5 Å². The molecule has 4 rings (SSSR count). The predicted octanol–water partition coefficient (Wildman–Crippen LogP) is 6.29. The van der Waals surface area contributed by atoms with Gasteiger partial charge in [0.25, 0.3) is 0 Å². The Morgan fingerprint density at radius 1 is 0.655 bits per heavy atom. The number of amides is 2. The highest BCUT2D eigenvalue weighted by Gasteiger charge is 2.22. The van der Waals surface area contributed by atoms with E-state index in [2.05, 4.69) is 32.7 Å². The molecule has 11 nitrogen and oxygen atoms in total. The lowest BCUT2D eigenvalue weighted by Crippen LogP contribution is -2.36. The van der Waals surface area contributed by atoms with Crippen molar-refractivity contribution in [1.82, 2.24) is 25.5 Å². The van der Waals surface area contributed by atoms with E-state index in [1.807, 2.05) is 84.9 Å². The van der Waals surface area contributed by atoms with Crippen LogP contribution in [0.3, 0.4) is 0 Å². The molecule has 0 aliphatic carbocycles. The van der Waals surface area contributed by atoms with Gasteiger partial charge in [-0.15, -0.1) is 0 Å². The predicted molar refractivity (Wildman–Crippen MR) is 214 cm³/mol. The number of ketones is 3. The number of nitrogens with one attached hydrogen (secondary N) is 2. The fourth-order valence-electron chi connectivity index (χ4n) is 5.86. The van der Waals surface area contributed by atoms with Crippen LogP contribution in [0.5, 0.6) is 0 Å². The van der Waals surface area contributed by atoms with Gasteiger partial charge in [-0.05, 0) is 87.9 Å². The molecule has 2 aromatic carbocycles. The molecule has 0 saturated heterocycles. The molecule has 0 fully saturated rings. The van der Waals surface area contributed by atoms with Crippen LogP contribution in [-0.4, -0.2) is 83.5 Å². The highest BCUT2D eigenvalue weighted by Crippen LogP contribution is 2.25.